The van der Waals surface area contributed by atoms with Crippen LogP contribution >= 0.6 is 11.6 Å². The Labute approximate surface area is 119 Å². The van der Waals surface area contributed by atoms with Gasteiger partial charge in [0.1, 0.15) is 6.07 Å². The summed E-state index contributed by atoms with van der Waals surface area (Å²) in [7, 11) is 0. The van der Waals surface area contributed by atoms with Crippen LogP contribution in [0.5, 0.6) is 0 Å². The molecule has 1 rings (SSSR count). The Kier molecular flexibility index (Phi) is 6.99. The predicted molar refractivity (Wildman–Crippen MR) is 78.2 cm³/mol. The van der Waals surface area contributed by atoms with Crippen LogP contribution in [0.3, 0.4) is 0 Å². The quantitative estimate of drug-likeness (QED) is 0.746. The first-order valence-corrected chi connectivity index (χ1v) is 7.04. The minimum atomic E-state index is -0.0599. The van der Waals surface area contributed by atoms with Crippen LogP contribution in [0.15, 0.2) is 18.2 Å². The highest BCUT2D eigenvalue weighted by Crippen LogP contribution is 2.20. The van der Waals surface area contributed by atoms with E-state index < -0.39 is 0 Å². The minimum Gasteiger partial charge on any atom is -0.325 e. The first kappa shape index (κ1) is 15.5. The number of anilines is 1. The number of hydrogen-bond donors (Lipinski definition) is 1. The zero-order valence-corrected chi connectivity index (χ0v) is 12.0. The second-order valence-corrected chi connectivity index (χ2v) is 4.95. The van der Waals surface area contributed by atoms with E-state index in [1.165, 1.54) is 19.3 Å². The van der Waals surface area contributed by atoms with Crippen LogP contribution in [0.2, 0.25) is 5.02 Å². The molecular formula is C15H19ClN2O. The molecule has 0 aliphatic heterocycles. The summed E-state index contributed by atoms with van der Waals surface area (Å²) in [5, 5.41) is 12.2. The van der Waals surface area contributed by atoms with Crippen LogP contribution in [0.25, 0.3) is 0 Å². The predicted octanol–water partition coefficient (Wildman–Crippen LogP) is 4.51. The fraction of sp³-hybridized carbons (Fsp3) is 0.467. The van der Waals surface area contributed by atoms with Crippen LogP contribution < -0.4 is 5.32 Å². The normalized spacial score (nSPS) is 9.95. The number of nitrogens with zero attached hydrogens (tertiary/aromatic N) is 1. The number of hydrogen-bond acceptors (Lipinski definition) is 2. The first-order valence-electron chi connectivity index (χ1n) is 6.67. The summed E-state index contributed by atoms with van der Waals surface area (Å²) in [5.41, 5.74) is 0.928. The topological polar surface area (TPSA) is 52.9 Å². The van der Waals surface area contributed by atoms with Gasteiger partial charge in [0, 0.05) is 11.4 Å². The second-order valence-electron chi connectivity index (χ2n) is 4.51. The summed E-state index contributed by atoms with van der Waals surface area (Å²) in [6.07, 6.45) is 6.02. The highest BCUT2D eigenvalue weighted by molar-refractivity contribution is 6.31. The molecule has 0 bridgehead atoms. The van der Waals surface area contributed by atoms with E-state index in [2.05, 4.69) is 12.2 Å². The van der Waals surface area contributed by atoms with Crippen LogP contribution in [-0.4, -0.2) is 5.91 Å². The Balaban J connectivity index is 2.44. The molecule has 4 heteroatoms. The maximum atomic E-state index is 11.8. The summed E-state index contributed by atoms with van der Waals surface area (Å²) >= 11 is 5.86. The van der Waals surface area contributed by atoms with E-state index in [1.807, 2.05) is 6.07 Å². The minimum absolute atomic E-state index is 0.0599. The van der Waals surface area contributed by atoms with Crippen molar-refractivity contribution in [1.29, 1.82) is 5.26 Å². The molecule has 1 aromatic carbocycles. The average Bonchev–Trinajstić information content (AvgIpc) is 2.39. The van der Waals surface area contributed by atoms with Crippen LogP contribution in [0.1, 0.15) is 51.0 Å². The fourth-order valence-electron chi connectivity index (χ4n) is 1.82. The fourth-order valence-corrected chi connectivity index (χ4v) is 1.99. The van der Waals surface area contributed by atoms with Crippen molar-refractivity contribution < 1.29 is 4.79 Å². The maximum absolute atomic E-state index is 11.8. The summed E-state index contributed by atoms with van der Waals surface area (Å²) in [5.74, 6) is -0.0599. The zero-order chi connectivity index (χ0) is 14.1. The third kappa shape index (κ3) is 5.76. The number of carbonyl (C=O) groups is 1. The molecule has 1 N–H and O–H groups in total. The smallest absolute Gasteiger partial charge is 0.224 e. The third-order valence-electron chi connectivity index (χ3n) is 2.88. The van der Waals surface area contributed by atoms with E-state index >= 15 is 0 Å². The highest BCUT2D eigenvalue weighted by Gasteiger charge is 2.07. The third-order valence-corrected chi connectivity index (χ3v) is 3.12. The standard InChI is InChI=1S/C15H19ClN2O/c1-2-3-4-5-6-7-15(19)18-14-10-13(16)9-8-12(14)11-17/h8-10H,2-7H2,1H3,(H,18,19). The molecular weight excluding hydrogens is 260 g/mol. The Morgan fingerprint density at radius 3 is 2.74 bits per heavy atom. The summed E-state index contributed by atoms with van der Waals surface area (Å²) in [6, 6.07) is 6.89. The van der Waals surface area contributed by atoms with Gasteiger partial charge in [0.25, 0.3) is 0 Å². The number of rotatable bonds is 7. The largest absolute Gasteiger partial charge is 0.325 e. The van der Waals surface area contributed by atoms with Crippen molar-refractivity contribution in [3.63, 3.8) is 0 Å². The van der Waals surface area contributed by atoms with Crippen LogP contribution in [0, 0.1) is 11.3 Å². The molecule has 0 aliphatic rings. The lowest BCUT2D eigenvalue weighted by atomic mass is 10.1. The molecule has 0 spiro atoms. The number of benzene rings is 1. The van der Waals surface area contributed by atoms with Gasteiger partial charge in [-0.25, -0.2) is 0 Å². The number of nitrogens with one attached hydrogen (secondary N) is 1. The van der Waals surface area contributed by atoms with Gasteiger partial charge in [0.15, 0.2) is 0 Å². The molecule has 0 saturated carbocycles. The molecule has 0 fully saturated rings. The molecule has 0 atom stereocenters. The molecule has 1 amide bonds. The van der Waals surface area contributed by atoms with Crippen molar-refractivity contribution in [2.24, 2.45) is 0 Å². The Morgan fingerprint density at radius 2 is 2.05 bits per heavy atom. The van der Waals surface area contributed by atoms with Crippen molar-refractivity contribution in [3.8, 4) is 6.07 Å². The number of nitriles is 1. The first-order chi connectivity index (χ1) is 9.17. The average molecular weight is 279 g/mol. The van der Waals surface area contributed by atoms with Crippen molar-refractivity contribution in [3.05, 3.63) is 28.8 Å². The summed E-state index contributed by atoms with van der Waals surface area (Å²) < 4.78 is 0. The lowest BCUT2D eigenvalue weighted by molar-refractivity contribution is -0.116. The Bertz CT molecular complexity index is 466. The molecule has 0 saturated heterocycles. The van der Waals surface area contributed by atoms with Gasteiger partial charge in [-0.3, -0.25) is 4.79 Å². The highest BCUT2D eigenvalue weighted by atomic mass is 35.5. The molecule has 0 heterocycles. The molecule has 0 radical (unpaired) electrons. The van der Waals surface area contributed by atoms with E-state index in [0.717, 1.165) is 12.8 Å². The van der Waals surface area contributed by atoms with Gasteiger partial charge in [0.05, 0.1) is 11.3 Å². The van der Waals surface area contributed by atoms with Gasteiger partial charge in [-0.1, -0.05) is 44.2 Å². The van der Waals surface area contributed by atoms with Crippen molar-refractivity contribution >= 4 is 23.2 Å². The van der Waals surface area contributed by atoms with Crippen molar-refractivity contribution in [2.75, 3.05) is 5.32 Å². The van der Waals surface area contributed by atoms with Gasteiger partial charge < -0.3 is 5.32 Å². The zero-order valence-electron chi connectivity index (χ0n) is 11.2. The molecule has 0 aliphatic carbocycles. The SMILES string of the molecule is CCCCCCCC(=O)Nc1cc(Cl)ccc1C#N. The lowest BCUT2D eigenvalue weighted by Gasteiger charge is -2.07. The summed E-state index contributed by atoms with van der Waals surface area (Å²) in [4.78, 5) is 11.8. The maximum Gasteiger partial charge on any atom is 0.224 e. The molecule has 3 nitrogen and oxygen atoms in total. The molecule has 0 aromatic heterocycles. The monoisotopic (exact) mass is 278 g/mol. The van der Waals surface area contributed by atoms with Gasteiger partial charge >= 0.3 is 0 Å². The van der Waals surface area contributed by atoms with Crippen LogP contribution in [0.4, 0.5) is 5.69 Å². The van der Waals surface area contributed by atoms with E-state index in [9.17, 15) is 4.79 Å². The molecule has 102 valence electrons. The van der Waals surface area contributed by atoms with E-state index in [-0.39, 0.29) is 5.91 Å². The van der Waals surface area contributed by atoms with Gasteiger partial charge in [-0.15, -0.1) is 0 Å². The lowest BCUT2D eigenvalue weighted by Crippen LogP contribution is -2.12. The van der Waals surface area contributed by atoms with Crippen molar-refractivity contribution in [1.82, 2.24) is 0 Å². The molecule has 19 heavy (non-hydrogen) atoms. The van der Waals surface area contributed by atoms with Gasteiger partial charge in [0.2, 0.25) is 5.91 Å². The van der Waals surface area contributed by atoms with Crippen molar-refractivity contribution in [2.45, 2.75) is 45.4 Å². The summed E-state index contributed by atoms with van der Waals surface area (Å²) in [6.45, 7) is 2.16. The van der Waals surface area contributed by atoms with E-state index in [1.54, 1.807) is 18.2 Å². The molecule has 0 unspecified atom stereocenters. The molecule has 1 aromatic rings. The number of amides is 1. The van der Waals surface area contributed by atoms with E-state index in [0.29, 0.717) is 22.7 Å². The Hall–Kier alpha value is -1.53. The number of unbranched alkanes of at least 4 members (excludes halogenated alkanes) is 4. The number of carbonyl (C=O) groups excluding carboxylic acids is 1. The van der Waals surface area contributed by atoms with E-state index in [4.69, 9.17) is 16.9 Å². The Morgan fingerprint density at radius 1 is 1.32 bits per heavy atom. The van der Waals surface area contributed by atoms with Crippen LogP contribution in [-0.2, 0) is 4.79 Å². The van der Waals surface area contributed by atoms with Gasteiger partial charge in [-0.05, 0) is 24.6 Å². The van der Waals surface area contributed by atoms with Gasteiger partial charge in [-0.2, -0.15) is 5.26 Å². The number of halogens is 1. The second kappa shape index (κ2) is 8.55.